The summed E-state index contributed by atoms with van der Waals surface area (Å²) in [5.41, 5.74) is 1.87. The van der Waals surface area contributed by atoms with E-state index in [1.54, 1.807) is 4.90 Å². The number of carbonyl (C=O) groups excluding carboxylic acids is 1. The summed E-state index contributed by atoms with van der Waals surface area (Å²) in [6.45, 7) is 16.1. The highest BCUT2D eigenvalue weighted by Gasteiger charge is 2.48. The van der Waals surface area contributed by atoms with Gasteiger partial charge in [0.15, 0.2) is 5.88 Å². The van der Waals surface area contributed by atoms with Gasteiger partial charge >= 0.3 is 0 Å². The van der Waals surface area contributed by atoms with E-state index in [1.165, 1.54) is 44.9 Å². The molecule has 0 aliphatic carbocycles. The minimum atomic E-state index is -2.25. The predicted octanol–water partition coefficient (Wildman–Crippen LogP) is 9.33. The van der Waals surface area contributed by atoms with Crippen molar-refractivity contribution in [2.45, 2.75) is 123 Å². The molecule has 0 fully saturated rings. The molecule has 1 aromatic carbocycles. The first-order chi connectivity index (χ1) is 16.7. The lowest BCUT2D eigenvalue weighted by atomic mass is 10.1. The average molecular weight is 498 g/mol. The van der Waals surface area contributed by atoms with Crippen LogP contribution in [0.15, 0.2) is 42.3 Å². The molecule has 1 amide bonds. The van der Waals surface area contributed by atoms with Crippen molar-refractivity contribution < 1.29 is 9.22 Å². The fourth-order valence-electron chi connectivity index (χ4n) is 5.32. The van der Waals surface area contributed by atoms with E-state index in [0.717, 1.165) is 12.8 Å². The maximum atomic E-state index is 13.6. The van der Waals surface area contributed by atoms with E-state index >= 15 is 0 Å². The molecule has 0 heterocycles. The van der Waals surface area contributed by atoms with Gasteiger partial charge in [0.1, 0.15) is 0 Å². The van der Waals surface area contributed by atoms with Gasteiger partial charge < -0.3 is 4.43 Å². The molecule has 0 bridgehead atoms. The first-order valence-corrected chi connectivity index (χ1v) is 16.1. The second-order valence-corrected chi connectivity index (χ2v) is 16.1. The van der Waals surface area contributed by atoms with Crippen LogP contribution in [0.2, 0.25) is 16.6 Å². The molecule has 0 saturated carbocycles. The molecule has 0 spiro atoms. The van der Waals surface area contributed by atoms with Crippen molar-refractivity contribution in [3.8, 4) is 12.3 Å². The SMILES string of the molecule is C#CCN(C(=O)c1ccccc1)/C(=C\CCCCCCCCCC)O[Si](C(C)C)(C(C)C)C(C)C. The van der Waals surface area contributed by atoms with Crippen molar-refractivity contribution in [3.05, 3.63) is 47.9 Å². The minimum Gasteiger partial charge on any atom is -0.531 e. The number of hydrogen-bond acceptors (Lipinski definition) is 2. The number of carbonyl (C=O) groups is 1. The number of rotatable bonds is 17. The largest absolute Gasteiger partial charge is 0.531 e. The Morgan fingerprint density at radius 2 is 1.43 bits per heavy atom. The number of amides is 1. The quantitative estimate of drug-likeness (QED) is 0.0928. The van der Waals surface area contributed by atoms with Crippen LogP contribution in [0.1, 0.15) is 117 Å². The molecule has 1 aromatic rings. The van der Waals surface area contributed by atoms with Gasteiger partial charge in [0.05, 0.1) is 6.54 Å². The molecule has 0 unspecified atom stereocenters. The maximum absolute atomic E-state index is 13.6. The normalized spacial score (nSPS) is 12.3. The molecule has 0 radical (unpaired) electrons. The van der Waals surface area contributed by atoms with Crippen LogP contribution in [0.5, 0.6) is 0 Å². The molecule has 0 aliphatic rings. The van der Waals surface area contributed by atoms with E-state index in [9.17, 15) is 4.79 Å². The van der Waals surface area contributed by atoms with Crippen LogP contribution in [0.4, 0.5) is 0 Å². The summed E-state index contributed by atoms with van der Waals surface area (Å²) < 4.78 is 7.06. The molecular formula is C31H51NO2Si. The first kappa shape index (κ1) is 31.0. The van der Waals surface area contributed by atoms with Gasteiger partial charge in [-0.25, -0.2) is 0 Å². The Bertz CT molecular complexity index is 770. The molecule has 0 saturated heterocycles. The molecular weight excluding hydrogens is 446 g/mol. The molecule has 3 nitrogen and oxygen atoms in total. The van der Waals surface area contributed by atoms with Crippen LogP contribution in [0.3, 0.4) is 0 Å². The van der Waals surface area contributed by atoms with Crippen LogP contribution in [0.25, 0.3) is 0 Å². The van der Waals surface area contributed by atoms with E-state index in [2.05, 4.69) is 60.5 Å². The van der Waals surface area contributed by atoms with Crippen molar-refractivity contribution in [3.63, 3.8) is 0 Å². The Balaban J connectivity index is 3.16. The van der Waals surface area contributed by atoms with Crippen molar-refractivity contribution >= 4 is 14.2 Å². The van der Waals surface area contributed by atoms with Gasteiger partial charge in [0.25, 0.3) is 14.2 Å². The highest BCUT2D eigenvalue weighted by atomic mass is 28.4. The second kappa shape index (κ2) is 16.6. The zero-order chi connectivity index (χ0) is 26.3. The molecule has 0 aromatic heterocycles. The third kappa shape index (κ3) is 9.52. The van der Waals surface area contributed by atoms with Crippen LogP contribution in [-0.2, 0) is 4.43 Å². The van der Waals surface area contributed by atoms with Gasteiger partial charge in [-0.05, 0) is 47.7 Å². The average Bonchev–Trinajstić information content (AvgIpc) is 2.83. The summed E-state index contributed by atoms with van der Waals surface area (Å²) in [6, 6.07) is 9.40. The zero-order valence-corrected chi connectivity index (χ0v) is 24.6. The number of unbranched alkanes of at least 4 members (excludes halogenated alkanes) is 8. The smallest absolute Gasteiger partial charge is 0.261 e. The van der Waals surface area contributed by atoms with Crippen LogP contribution < -0.4 is 0 Å². The Morgan fingerprint density at radius 3 is 1.91 bits per heavy atom. The molecule has 0 N–H and O–H groups in total. The van der Waals surface area contributed by atoms with Gasteiger partial charge in [-0.3, -0.25) is 9.69 Å². The lowest BCUT2D eigenvalue weighted by Gasteiger charge is -2.44. The van der Waals surface area contributed by atoms with Gasteiger partial charge in [0, 0.05) is 5.56 Å². The number of nitrogens with zero attached hydrogens (tertiary/aromatic N) is 1. The molecule has 1 rings (SSSR count). The summed E-state index contributed by atoms with van der Waals surface area (Å²) >= 11 is 0. The number of terminal acetylenes is 1. The molecule has 0 atom stereocenters. The predicted molar refractivity (Wildman–Crippen MR) is 154 cm³/mol. The Labute approximate surface area is 217 Å². The Hall–Kier alpha value is -1.99. The van der Waals surface area contributed by atoms with E-state index < -0.39 is 8.32 Å². The van der Waals surface area contributed by atoms with Crippen molar-refractivity contribution in [1.29, 1.82) is 0 Å². The third-order valence-corrected chi connectivity index (χ3v) is 13.1. The van der Waals surface area contributed by atoms with Crippen molar-refractivity contribution in [1.82, 2.24) is 4.90 Å². The van der Waals surface area contributed by atoms with E-state index in [1.807, 2.05) is 30.3 Å². The van der Waals surface area contributed by atoms with Crippen LogP contribution in [-0.4, -0.2) is 25.7 Å². The standard InChI is InChI=1S/C31H51NO2Si/c1-9-11-12-13-14-15-16-17-21-24-30(34-35(26(3)4,27(5)6)28(7)8)32(25-10-2)31(33)29-22-19-18-20-23-29/h2,18-20,22-24,26-28H,9,11-17,21,25H2,1,3-8H3/b30-24+. The summed E-state index contributed by atoms with van der Waals surface area (Å²) in [6.07, 6.45) is 19.0. The molecule has 0 aliphatic heterocycles. The number of allylic oxidation sites excluding steroid dienone is 1. The van der Waals surface area contributed by atoms with Crippen LogP contribution in [0, 0.1) is 12.3 Å². The highest BCUT2D eigenvalue weighted by molar-refractivity contribution is 6.77. The molecule has 4 heteroatoms. The third-order valence-electron chi connectivity index (χ3n) is 7.15. The fraction of sp³-hybridized carbons (Fsp3) is 0.645. The monoisotopic (exact) mass is 497 g/mol. The van der Waals surface area contributed by atoms with Gasteiger partial charge in [-0.15, -0.1) is 6.42 Å². The first-order valence-electron chi connectivity index (χ1n) is 13.9. The minimum absolute atomic E-state index is 0.0927. The van der Waals surface area contributed by atoms with Gasteiger partial charge in [0.2, 0.25) is 0 Å². The molecule has 196 valence electrons. The van der Waals surface area contributed by atoms with E-state index in [0.29, 0.717) is 28.1 Å². The highest BCUT2D eigenvalue weighted by Crippen LogP contribution is 2.44. The summed E-state index contributed by atoms with van der Waals surface area (Å²) in [7, 11) is -2.25. The van der Waals surface area contributed by atoms with Gasteiger partial charge in [-0.2, -0.15) is 0 Å². The maximum Gasteiger partial charge on any atom is 0.261 e. The van der Waals surface area contributed by atoms with Crippen molar-refractivity contribution in [2.75, 3.05) is 6.54 Å². The lowest BCUT2D eigenvalue weighted by Crippen LogP contribution is -2.50. The van der Waals surface area contributed by atoms with Crippen LogP contribution >= 0.6 is 0 Å². The number of hydrogen-bond donors (Lipinski definition) is 0. The summed E-state index contributed by atoms with van der Waals surface area (Å²) in [5, 5.41) is 0. The Morgan fingerprint density at radius 1 is 0.914 bits per heavy atom. The fourth-order valence-corrected chi connectivity index (χ4v) is 10.6. The summed E-state index contributed by atoms with van der Waals surface area (Å²) in [4.78, 5) is 15.2. The number of benzene rings is 1. The van der Waals surface area contributed by atoms with E-state index in [-0.39, 0.29) is 12.5 Å². The van der Waals surface area contributed by atoms with E-state index in [4.69, 9.17) is 10.8 Å². The topological polar surface area (TPSA) is 29.5 Å². The summed E-state index contributed by atoms with van der Waals surface area (Å²) in [5.74, 6) is 3.28. The second-order valence-electron chi connectivity index (χ2n) is 10.7. The van der Waals surface area contributed by atoms with Gasteiger partial charge in [-0.1, -0.05) is 118 Å². The lowest BCUT2D eigenvalue weighted by molar-refractivity contribution is 0.0752. The van der Waals surface area contributed by atoms with Crippen molar-refractivity contribution in [2.24, 2.45) is 0 Å². The Kier molecular flexibility index (Phi) is 14.8. The zero-order valence-electron chi connectivity index (χ0n) is 23.6. The molecule has 35 heavy (non-hydrogen) atoms.